The summed E-state index contributed by atoms with van der Waals surface area (Å²) >= 11 is 0. The number of anilines is 1. The number of carbonyl (C=O) groups is 1. The number of rotatable bonds is 6. The van der Waals surface area contributed by atoms with Gasteiger partial charge in [-0.25, -0.2) is 13.1 Å². The molecule has 9 heteroatoms. The Morgan fingerprint density at radius 2 is 2.00 bits per heavy atom. The molecule has 0 spiro atoms. The maximum Gasteiger partial charge on any atom is 0.255 e. The Kier molecular flexibility index (Phi) is 5.25. The summed E-state index contributed by atoms with van der Waals surface area (Å²) in [5.41, 5.74) is 1.48. The van der Waals surface area contributed by atoms with Crippen LogP contribution in [0.1, 0.15) is 36.0 Å². The third kappa shape index (κ3) is 3.96. The number of amides is 1. The van der Waals surface area contributed by atoms with E-state index < -0.39 is 15.9 Å². The fourth-order valence-electron chi connectivity index (χ4n) is 3.62. The molecule has 0 atom stereocenters. The minimum atomic E-state index is -3.81. The molecule has 1 aliphatic rings. The number of aromatic amines is 1. The van der Waals surface area contributed by atoms with Crippen molar-refractivity contribution in [2.24, 2.45) is 0 Å². The number of carbonyl (C=O) groups excluding carboxylic acids is 1. The fourth-order valence-corrected chi connectivity index (χ4v) is 5.12. The topological polar surface area (TPSA) is 113 Å². The van der Waals surface area contributed by atoms with Gasteiger partial charge >= 0.3 is 0 Å². The first-order valence-electron chi connectivity index (χ1n) is 9.42. The van der Waals surface area contributed by atoms with E-state index in [-0.39, 0.29) is 22.3 Å². The number of benzene rings is 2. The molecule has 29 heavy (non-hydrogen) atoms. The average Bonchev–Trinajstić information content (AvgIpc) is 3.39. The second-order valence-corrected chi connectivity index (χ2v) is 8.74. The number of para-hydroxylation sites is 1. The Hall–Kier alpha value is -2.91. The number of ether oxygens (including phenoxy) is 1. The van der Waals surface area contributed by atoms with Crippen LogP contribution in [0.4, 0.5) is 5.69 Å². The van der Waals surface area contributed by atoms with Gasteiger partial charge in [0.25, 0.3) is 5.91 Å². The Morgan fingerprint density at radius 1 is 1.21 bits per heavy atom. The van der Waals surface area contributed by atoms with E-state index in [0.717, 1.165) is 31.1 Å². The maximum atomic E-state index is 12.9. The second-order valence-electron chi connectivity index (χ2n) is 7.06. The van der Waals surface area contributed by atoms with Crippen LogP contribution in [0, 0.1) is 0 Å². The van der Waals surface area contributed by atoms with E-state index in [4.69, 9.17) is 4.74 Å². The number of H-pyrrole nitrogens is 1. The van der Waals surface area contributed by atoms with Crippen molar-refractivity contribution in [1.29, 1.82) is 0 Å². The van der Waals surface area contributed by atoms with Gasteiger partial charge in [-0.3, -0.25) is 9.89 Å². The Morgan fingerprint density at radius 3 is 2.76 bits per heavy atom. The number of fused-ring (bicyclic) bond motifs is 1. The smallest absolute Gasteiger partial charge is 0.255 e. The summed E-state index contributed by atoms with van der Waals surface area (Å²) in [5.74, 6) is -0.227. The number of aromatic nitrogens is 2. The predicted octanol–water partition coefficient (Wildman–Crippen LogP) is 3.04. The standard InChI is InChI=1S/C20H22N4O4S/c1-28-17-10-9-13(11-18(17)29(26,27)24-15-6-2-3-7-15)20(25)22-16-8-4-5-14-12-21-23-19(14)16/h4-5,8-12,15,24H,2-3,6-7H2,1H3,(H,21,23)(H,22,25). The summed E-state index contributed by atoms with van der Waals surface area (Å²) in [7, 11) is -2.41. The van der Waals surface area contributed by atoms with Crippen molar-refractivity contribution in [2.45, 2.75) is 36.6 Å². The number of hydrogen-bond acceptors (Lipinski definition) is 5. The van der Waals surface area contributed by atoms with Gasteiger partial charge in [-0.15, -0.1) is 0 Å². The van der Waals surface area contributed by atoms with E-state index in [1.54, 1.807) is 12.3 Å². The first-order chi connectivity index (χ1) is 14.0. The summed E-state index contributed by atoms with van der Waals surface area (Å²) in [5, 5.41) is 10.5. The van der Waals surface area contributed by atoms with Crippen LogP contribution in [0.25, 0.3) is 10.9 Å². The second kappa shape index (κ2) is 7.84. The van der Waals surface area contributed by atoms with Crippen molar-refractivity contribution in [3.63, 3.8) is 0 Å². The molecule has 1 aromatic heterocycles. The van der Waals surface area contributed by atoms with Gasteiger partial charge in [0.15, 0.2) is 0 Å². The summed E-state index contributed by atoms with van der Waals surface area (Å²) in [6.45, 7) is 0. The summed E-state index contributed by atoms with van der Waals surface area (Å²) in [4.78, 5) is 12.8. The molecule has 0 aliphatic heterocycles. The van der Waals surface area contributed by atoms with E-state index in [1.165, 1.54) is 25.3 Å². The van der Waals surface area contributed by atoms with Crippen LogP contribution >= 0.6 is 0 Å². The third-order valence-electron chi connectivity index (χ3n) is 5.12. The third-order valence-corrected chi connectivity index (χ3v) is 6.66. The van der Waals surface area contributed by atoms with Crippen LogP contribution in [0.3, 0.4) is 0 Å². The molecular weight excluding hydrogens is 392 g/mol. The fraction of sp³-hybridized carbons (Fsp3) is 0.300. The predicted molar refractivity (Wildman–Crippen MR) is 110 cm³/mol. The number of hydrogen-bond donors (Lipinski definition) is 3. The normalized spacial score (nSPS) is 14.9. The van der Waals surface area contributed by atoms with E-state index in [9.17, 15) is 13.2 Å². The minimum absolute atomic E-state index is 0.0423. The summed E-state index contributed by atoms with van der Waals surface area (Å²) < 4.78 is 33.8. The van der Waals surface area contributed by atoms with Crippen molar-refractivity contribution in [3.8, 4) is 5.75 Å². The largest absolute Gasteiger partial charge is 0.495 e. The first-order valence-corrected chi connectivity index (χ1v) is 10.9. The summed E-state index contributed by atoms with van der Waals surface area (Å²) in [6, 6.07) is 9.73. The van der Waals surface area contributed by atoms with Crippen LogP contribution in [-0.4, -0.2) is 37.7 Å². The van der Waals surface area contributed by atoms with Gasteiger partial charge in [-0.05, 0) is 37.1 Å². The van der Waals surface area contributed by atoms with Crippen LogP contribution in [0.2, 0.25) is 0 Å². The van der Waals surface area contributed by atoms with Crippen LogP contribution in [0.15, 0.2) is 47.5 Å². The zero-order valence-corrected chi connectivity index (χ0v) is 16.8. The molecule has 4 rings (SSSR count). The van der Waals surface area contributed by atoms with Gasteiger partial charge in [0.2, 0.25) is 10.0 Å². The molecule has 1 amide bonds. The average molecular weight is 414 g/mol. The molecule has 152 valence electrons. The van der Waals surface area contributed by atoms with E-state index in [2.05, 4.69) is 20.2 Å². The quantitative estimate of drug-likeness (QED) is 0.574. The molecule has 1 fully saturated rings. The van der Waals surface area contributed by atoms with Gasteiger partial charge in [0, 0.05) is 17.0 Å². The lowest BCUT2D eigenvalue weighted by molar-refractivity contribution is 0.102. The number of methoxy groups -OCH3 is 1. The number of sulfonamides is 1. The lowest BCUT2D eigenvalue weighted by Gasteiger charge is -2.16. The van der Waals surface area contributed by atoms with Gasteiger partial charge in [-0.1, -0.05) is 25.0 Å². The van der Waals surface area contributed by atoms with Crippen molar-refractivity contribution in [3.05, 3.63) is 48.2 Å². The van der Waals surface area contributed by atoms with Crippen molar-refractivity contribution in [1.82, 2.24) is 14.9 Å². The van der Waals surface area contributed by atoms with Crippen LogP contribution in [0.5, 0.6) is 5.75 Å². The maximum absolute atomic E-state index is 12.9. The highest BCUT2D eigenvalue weighted by Crippen LogP contribution is 2.28. The molecule has 1 aliphatic carbocycles. The summed E-state index contributed by atoms with van der Waals surface area (Å²) in [6.07, 6.45) is 5.31. The lowest BCUT2D eigenvalue weighted by atomic mass is 10.2. The van der Waals surface area contributed by atoms with Crippen molar-refractivity contribution < 1.29 is 17.9 Å². The van der Waals surface area contributed by atoms with Gasteiger partial charge in [0.05, 0.1) is 24.5 Å². The molecule has 1 saturated carbocycles. The molecule has 2 aromatic carbocycles. The molecule has 0 bridgehead atoms. The highest BCUT2D eigenvalue weighted by atomic mass is 32.2. The molecule has 0 saturated heterocycles. The molecule has 0 unspecified atom stereocenters. The molecule has 8 nitrogen and oxygen atoms in total. The Balaban J connectivity index is 1.63. The van der Waals surface area contributed by atoms with E-state index in [1.807, 2.05) is 12.1 Å². The van der Waals surface area contributed by atoms with Crippen LogP contribution < -0.4 is 14.8 Å². The highest BCUT2D eigenvalue weighted by Gasteiger charge is 2.26. The van der Waals surface area contributed by atoms with E-state index in [0.29, 0.717) is 11.2 Å². The van der Waals surface area contributed by atoms with Crippen molar-refractivity contribution >= 4 is 32.5 Å². The van der Waals surface area contributed by atoms with E-state index >= 15 is 0 Å². The van der Waals surface area contributed by atoms with Gasteiger partial charge in [0.1, 0.15) is 10.6 Å². The van der Waals surface area contributed by atoms with Crippen molar-refractivity contribution in [2.75, 3.05) is 12.4 Å². The monoisotopic (exact) mass is 414 g/mol. The molecular formula is C20H22N4O4S. The van der Waals surface area contributed by atoms with Gasteiger partial charge in [-0.2, -0.15) is 5.10 Å². The Labute approximate surface area is 168 Å². The lowest BCUT2D eigenvalue weighted by Crippen LogP contribution is -2.33. The highest BCUT2D eigenvalue weighted by molar-refractivity contribution is 7.89. The SMILES string of the molecule is COc1ccc(C(=O)Nc2cccc3cn[nH]c23)cc1S(=O)(=O)NC1CCCC1. The first kappa shape index (κ1) is 19.4. The van der Waals surface area contributed by atoms with Gasteiger partial charge < -0.3 is 10.1 Å². The molecule has 1 heterocycles. The number of nitrogens with one attached hydrogen (secondary N) is 3. The number of nitrogens with zero attached hydrogens (tertiary/aromatic N) is 1. The minimum Gasteiger partial charge on any atom is -0.495 e. The molecule has 3 aromatic rings. The van der Waals surface area contributed by atoms with Crippen LogP contribution in [-0.2, 0) is 10.0 Å². The molecule has 0 radical (unpaired) electrons. The zero-order valence-electron chi connectivity index (χ0n) is 15.9. The zero-order chi connectivity index (χ0) is 20.4. The Bertz CT molecular complexity index is 1150. The molecule has 3 N–H and O–H groups in total.